The number of benzene rings is 4. The van der Waals surface area contributed by atoms with E-state index in [9.17, 15) is 30.6 Å². The number of aromatic hydroxyl groups is 2. The largest absolute Gasteiger partial charge is 0.508 e. The number of para-hydroxylation sites is 3. The molecule has 6 N–H and O–H groups in total. The molecule has 14 heteroatoms. The van der Waals surface area contributed by atoms with Crippen LogP contribution in [0.1, 0.15) is 28.6 Å². The Labute approximate surface area is 317 Å². The lowest BCUT2D eigenvalue weighted by atomic mass is 9.99. The maximum Gasteiger partial charge on any atom is 0.229 e. The molecule has 6 atom stereocenters. The summed E-state index contributed by atoms with van der Waals surface area (Å²) in [7, 11) is 0. The molecule has 0 spiro atoms. The van der Waals surface area contributed by atoms with Crippen LogP contribution in [-0.2, 0) is 24.4 Å². The highest BCUT2D eigenvalue weighted by atomic mass is 16.7. The summed E-state index contributed by atoms with van der Waals surface area (Å²) in [6, 6.07) is 35.1. The fourth-order valence-corrected chi connectivity index (χ4v) is 6.83. The maximum atomic E-state index is 10.7. The van der Waals surface area contributed by atoms with Gasteiger partial charge in [0.15, 0.2) is 0 Å². The quantitative estimate of drug-likeness (QED) is 0.0900. The standard InChI is InChI=1S/C41H44N6O8/c48-26-36-37(51)38(52)39(53)41(55-36)54-31-18-16-27(17-19-31)40(47-33-13-4-3-12-32(33)43-44-47)46(25-30-11-7-8-20-42-30)22-21-45(23-28-9-1-5-14-34(28)49)24-29-10-2-6-15-35(29)50/h1-20,36-41,48-53H,21-26H2/t36-,37+,38+,39-,40?,41-/m1/s1. The molecule has 1 unspecified atom stereocenters. The van der Waals surface area contributed by atoms with Gasteiger partial charge in [-0.15, -0.1) is 5.10 Å². The number of pyridine rings is 1. The van der Waals surface area contributed by atoms with E-state index in [-0.39, 0.29) is 11.5 Å². The monoisotopic (exact) mass is 748 g/mol. The molecule has 0 amide bonds. The van der Waals surface area contributed by atoms with Crippen LogP contribution in [0.5, 0.6) is 17.2 Å². The number of aromatic nitrogens is 4. The Balaban J connectivity index is 1.23. The molecule has 6 aromatic rings. The third-order valence-corrected chi connectivity index (χ3v) is 9.80. The molecule has 1 saturated heterocycles. The topological polar surface area (TPSA) is 190 Å². The molecule has 0 bridgehead atoms. The Morgan fingerprint density at radius 1 is 0.709 bits per heavy atom. The van der Waals surface area contributed by atoms with Gasteiger partial charge in [0.05, 0.1) is 17.8 Å². The summed E-state index contributed by atoms with van der Waals surface area (Å²) in [5.74, 6) is 0.698. The summed E-state index contributed by atoms with van der Waals surface area (Å²) >= 11 is 0. The number of aliphatic hydroxyl groups is 4. The zero-order valence-electron chi connectivity index (χ0n) is 29.9. The van der Waals surface area contributed by atoms with Crippen LogP contribution in [0.3, 0.4) is 0 Å². The normalized spacial score (nSPS) is 20.6. The van der Waals surface area contributed by atoms with Gasteiger partial charge < -0.3 is 40.1 Å². The van der Waals surface area contributed by atoms with Gasteiger partial charge in [0.25, 0.3) is 0 Å². The molecule has 1 aliphatic heterocycles. The molecular formula is C41H44N6O8. The molecule has 7 rings (SSSR count). The molecule has 0 radical (unpaired) electrons. The third kappa shape index (κ3) is 8.77. The molecule has 14 nitrogen and oxygen atoms in total. The molecule has 2 aromatic heterocycles. The van der Waals surface area contributed by atoms with Gasteiger partial charge in [-0.05, 0) is 54.1 Å². The van der Waals surface area contributed by atoms with E-state index < -0.39 is 43.5 Å². The van der Waals surface area contributed by atoms with Crippen molar-refractivity contribution in [2.24, 2.45) is 0 Å². The van der Waals surface area contributed by atoms with Crippen LogP contribution >= 0.6 is 0 Å². The first-order chi connectivity index (χ1) is 26.8. The predicted molar refractivity (Wildman–Crippen MR) is 201 cm³/mol. The fraction of sp³-hybridized carbons (Fsp3) is 0.293. The zero-order chi connectivity index (χ0) is 38.3. The molecular weight excluding hydrogens is 704 g/mol. The average Bonchev–Trinajstić information content (AvgIpc) is 3.63. The molecule has 1 fully saturated rings. The zero-order valence-corrected chi connectivity index (χ0v) is 29.9. The Kier molecular flexibility index (Phi) is 11.9. The van der Waals surface area contributed by atoms with Gasteiger partial charge in [-0.2, -0.15) is 0 Å². The van der Waals surface area contributed by atoms with Crippen LogP contribution < -0.4 is 4.74 Å². The SMILES string of the molecule is OC[C@H]1O[C@@H](Oc2ccc(C(N(CCN(Cc3ccccc3O)Cc3ccccc3O)Cc3ccccn3)n3nnc4ccccc43)cc2)[C@H](O)[C@@H](O)[C@H]1O. The second-order valence-corrected chi connectivity index (χ2v) is 13.5. The lowest BCUT2D eigenvalue weighted by molar-refractivity contribution is -0.277. The van der Waals surface area contributed by atoms with Crippen molar-refractivity contribution in [3.05, 3.63) is 144 Å². The molecule has 286 valence electrons. The summed E-state index contributed by atoms with van der Waals surface area (Å²) in [6.07, 6.45) is -5.84. The Morgan fingerprint density at radius 2 is 1.36 bits per heavy atom. The second kappa shape index (κ2) is 17.3. The third-order valence-electron chi connectivity index (χ3n) is 9.80. The molecule has 1 aliphatic rings. The highest BCUT2D eigenvalue weighted by molar-refractivity contribution is 5.74. The first-order valence-electron chi connectivity index (χ1n) is 18.1. The number of phenols is 2. The minimum atomic E-state index is -1.57. The Bertz CT molecular complexity index is 2090. The van der Waals surface area contributed by atoms with Gasteiger partial charge in [0.1, 0.15) is 53.3 Å². The Hall–Kier alpha value is -5.45. The van der Waals surface area contributed by atoms with Gasteiger partial charge in [-0.1, -0.05) is 71.9 Å². The van der Waals surface area contributed by atoms with Gasteiger partial charge >= 0.3 is 0 Å². The van der Waals surface area contributed by atoms with Crippen molar-refractivity contribution in [1.29, 1.82) is 0 Å². The van der Waals surface area contributed by atoms with Crippen molar-refractivity contribution >= 4 is 11.0 Å². The predicted octanol–water partition coefficient (Wildman–Crippen LogP) is 3.17. The average molecular weight is 749 g/mol. The highest BCUT2D eigenvalue weighted by Gasteiger charge is 2.44. The maximum absolute atomic E-state index is 10.7. The summed E-state index contributed by atoms with van der Waals surface area (Å²) in [4.78, 5) is 9.06. The van der Waals surface area contributed by atoms with E-state index in [4.69, 9.17) is 9.47 Å². The number of hydrogen-bond donors (Lipinski definition) is 6. The minimum absolute atomic E-state index is 0.188. The fourth-order valence-electron chi connectivity index (χ4n) is 6.83. The Morgan fingerprint density at radius 3 is 2.02 bits per heavy atom. The summed E-state index contributed by atoms with van der Waals surface area (Å²) in [5.41, 5.74) is 4.67. The van der Waals surface area contributed by atoms with Crippen molar-refractivity contribution < 1.29 is 40.1 Å². The van der Waals surface area contributed by atoms with Crippen LogP contribution in [0.25, 0.3) is 11.0 Å². The number of rotatable bonds is 15. The van der Waals surface area contributed by atoms with Crippen LogP contribution in [-0.4, -0.2) is 111 Å². The van der Waals surface area contributed by atoms with Crippen molar-refractivity contribution in [3.63, 3.8) is 0 Å². The lowest BCUT2D eigenvalue weighted by Crippen LogP contribution is -2.60. The van der Waals surface area contributed by atoms with E-state index in [0.29, 0.717) is 44.0 Å². The van der Waals surface area contributed by atoms with E-state index in [1.54, 1.807) is 42.6 Å². The van der Waals surface area contributed by atoms with Crippen LogP contribution in [0.4, 0.5) is 0 Å². The van der Waals surface area contributed by atoms with Gasteiger partial charge in [0.2, 0.25) is 6.29 Å². The molecule has 3 heterocycles. The second-order valence-electron chi connectivity index (χ2n) is 13.5. The highest BCUT2D eigenvalue weighted by Crippen LogP contribution is 2.31. The first kappa shape index (κ1) is 37.8. The van der Waals surface area contributed by atoms with Crippen molar-refractivity contribution in [1.82, 2.24) is 29.8 Å². The van der Waals surface area contributed by atoms with Crippen LogP contribution in [0.15, 0.2) is 121 Å². The lowest BCUT2D eigenvalue weighted by Gasteiger charge is -2.39. The van der Waals surface area contributed by atoms with Crippen LogP contribution in [0.2, 0.25) is 0 Å². The van der Waals surface area contributed by atoms with E-state index in [0.717, 1.165) is 27.9 Å². The summed E-state index contributed by atoms with van der Waals surface area (Å²) in [6.45, 7) is 1.68. The van der Waals surface area contributed by atoms with Crippen molar-refractivity contribution in [3.8, 4) is 17.2 Å². The number of ether oxygens (including phenoxy) is 2. The van der Waals surface area contributed by atoms with Gasteiger partial charge in [-0.3, -0.25) is 14.8 Å². The number of hydrogen-bond acceptors (Lipinski definition) is 13. The van der Waals surface area contributed by atoms with Gasteiger partial charge in [0, 0.05) is 50.0 Å². The van der Waals surface area contributed by atoms with E-state index in [1.165, 1.54) is 0 Å². The van der Waals surface area contributed by atoms with Gasteiger partial charge in [-0.25, -0.2) is 4.68 Å². The molecule has 55 heavy (non-hydrogen) atoms. The summed E-state index contributed by atoms with van der Waals surface area (Å²) in [5, 5.41) is 71.3. The number of fused-ring (bicyclic) bond motifs is 1. The first-order valence-corrected chi connectivity index (χ1v) is 18.1. The van der Waals surface area contributed by atoms with E-state index in [2.05, 4.69) is 25.1 Å². The number of phenolic OH excluding ortho intramolecular Hbond substituents is 2. The summed E-state index contributed by atoms with van der Waals surface area (Å²) < 4.78 is 13.4. The molecule has 0 aliphatic carbocycles. The smallest absolute Gasteiger partial charge is 0.229 e. The van der Waals surface area contributed by atoms with Crippen molar-refractivity contribution in [2.45, 2.75) is 56.5 Å². The minimum Gasteiger partial charge on any atom is -0.508 e. The van der Waals surface area contributed by atoms with Crippen LogP contribution in [0, 0.1) is 0 Å². The molecule has 0 saturated carbocycles. The number of aliphatic hydroxyl groups excluding tert-OH is 4. The number of nitrogens with zero attached hydrogens (tertiary/aromatic N) is 6. The van der Waals surface area contributed by atoms with E-state index >= 15 is 0 Å². The van der Waals surface area contributed by atoms with E-state index in [1.807, 2.05) is 83.5 Å². The van der Waals surface area contributed by atoms with Crippen molar-refractivity contribution in [2.75, 3.05) is 19.7 Å². The molecule has 4 aromatic carbocycles.